The Morgan fingerprint density at radius 3 is 2.29 bits per heavy atom. The first-order chi connectivity index (χ1) is 7.76. The number of halogens is 2. The van der Waals surface area contributed by atoms with Gasteiger partial charge in [-0.15, -0.1) is 0 Å². The topological polar surface area (TPSA) is 60.2 Å². The van der Waals surface area contributed by atoms with E-state index < -0.39 is 31.9 Å². The first kappa shape index (κ1) is 12.4. The van der Waals surface area contributed by atoms with Crippen LogP contribution in [0.4, 0.5) is 8.78 Å². The van der Waals surface area contributed by atoms with Crippen LogP contribution in [0.25, 0.3) is 0 Å². The Bertz CT molecular complexity index is 565. The molecule has 0 spiro atoms. The monoisotopic (exact) mass is 261 g/mol. The van der Waals surface area contributed by atoms with Crippen LogP contribution in [-0.4, -0.2) is 14.7 Å². The zero-order chi connectivity index (χ0) is 12.8. The first-order valence-corrected chi connectivity index (χ1v) is 7.12. The quantitative estimate of drug-likeness (QED) is 0.881. The second kappa shape index (κ2) is 3.74. The highest BCUT2D eigenvalue weighted by Crippen LogP contribution is 2.41. The fraction of sp³-hybridized carbons (Fsp3) is 0.455. The molecule has 6 heteroatoms. The molecule has 2 N–H and O–H groups in total. The first-order valence-electron chi connectivity index (χ1n) is 5.23. The zero-order valence-electron chi connectivity index (χ0n) is 9.33. The van der Waals surface area contributed by atoms with Crippen LogP contribution >= 0.6 is 0 Å². The van der Waals surface area contributed by atoms with E-state index >= 15 is 0 Å². The number of benzene rings is 1. The molecule has 0 saturated heterocycles. The number of hydrogen-bond acceptors (Lipinski definition) is 3. The third-order valence-electron chi connectivity index (χ3n) is 3.20. The molecule has 0 atom stereocenters. The average molecular weight is 261 g/mol. The molecule has 17 heavy (non-hydrogen) atoms. The predicted octanol–water partition coefficient (Wildman–Crippen LogP) is 1.71. The molecule has 1 fully saturated rings. The van der Waals surface area contributed by atoms with Gasteiger partial charge in [-0.25, -0.2) is 17.2 Å². The van der Waals surface area contributed by atoms with E-state index in [0.717, 1.165) is 18.7 Å². The summed E-state index contributed by atoms with van der Waals surface area (Å²) in [6.07, 6.45) is 2.81. The highest BCUT2D eigenvalue weighted by atomic mass is 32.2. The van der Waals surface area contributed by atoms with Crippen LogP contribution in [-0.2, 0) is 15.4 Å². The van der Waals surface area contributed by atoms with Crippen LogP contribution in [0, 0.1) is 11.6 Å². The van der Waals surface area contributed by atoms with Gasteiger partial charge >= 0.3 is 0 Å². The third kappa shape index (κ3) is 1.95. The second-order valence-corrected chi connectivity index (χ2v) is 6.47. The minimum atomic E-state index is -3.94. The Morgan fingerprint density at radius 1 is 1.29 bits per heavy atom. The molecule has 0 bridgehead atoms. The smallest absolute Gasteiger partial charge is 0.181 e. The summed E-state index contributed by atoms with van der Waals surface area (Å²) in [5, 5.41) is 0. The minimum absolute atomic E-state index is 0.0885. The third-order valence-corrected chi connectivity index (χ3v) is 4.32. The molecule has 1 aliphatic carbocycles. The summed E-state index contributed by atoms with van der Waals surface area (Å²) in [6, 6.07) is 2.19. The lowest BCUT2D eigenvalue weighted by Gasteiger charge is -2.39. The van der Waals surface area contributed by atoms with Crippen molar-refractivity contribution in [2.75, 3.05) is 6.26 Å². The number of rotatable bonds is 2. The van der Waals surface area contributed by atoms with Crippen LogP contribution in [0.2, 0.25) is 0 Å². The number of hydrogen-bond donors (Lipinski definition) is 1. The van der Waals surface area contributed by atoms with Crippen molar-refractivity contribution >= 4 is 9.84 Å². The molecule has 3 nitrogen and oxygen atoms in total. The Kier molecular flexibility index (Phi) is 2.74. The van der Waals surface area contributed by atoms with E-state index in [4.69, 9.17) is 5.73 Å². The van der Waals surface area contributed by atoms with Crippen molar-refractivity contribution in [1.29, 1.82) is 0 Å². The molecule has 0 unspecified atom stereocenters. The van der Waals surface area contributed by atoms with Crippen LogP contribution in [0.3, 0.4) is 0 Å². The van der Waals surface area contributed by atoms with Gasteiger partial charge in [0.25, 0.3) is 0 Å². The Balaban J connectivity index is 2.66. The summed E-state index contributed by atoms with van der Waals surface area (Å²) < 4.78 is 50.1. The van der Waals surface area contributed by atoms with Crippen LogP contribution in [0.1, 0.15) is 24.8 Å². The molecule has 1 aromatic carbocycles. The lowest BCUT2D eigenvalue weighted by molar-refractivity contribution is 0.243. The van der Waals surface area contributed by atoms with E-state index in [0.29, 0.717) is 12.8 Å². The van der Waals surface area contributed by atoms with Gasteiger partial charge in [-0.3, -0.25) is 0 Å². The summed E-state index contributed by atoms with van der Waals surface area (Å²) >= 11 is 0. The lowest BCUT2D eigenvalue weighted by atomic mass is 9.72. The zero-order valence-corrected chi connectivity index (χ0v) is 10.2. The van der Waals surface area contributed by atoms with E-state index in [9.17, 15) is 17.2 Å². The molecule has 0 radical (unpaired) electrons. The van der Waals surface area contributed by atoms with E-state index in [-0.39, 0.29) is 5.56 Å². The van der Waals surface area contributed by atoms with Gasteiger partial charge in [-0.05, 0) is 25.3 Å². The standard InChI is InChI=1S/C11H13F2NO2S/c1-17(15,16)10-8(12)4-3-7(9(10)13)11(14)5-2-6-11/h3-4H,2,5-6,14H2,1H3. The number of nitrogens with two attached hydrogens (primary N) is 1. The molecule has 0 aromatic heterocycles. The maximum Gasteiger partial charge on any atom is 0.181 e. The van der Waals surface area contributed by atoms with Gasteiger partial charge in [0.1, 0.15) is 16.5 Å². The van der Waals surface area contributed by atoms with Gasteiger partial charge in [0.05, 0.1) is 0 Å². The van der Waals surface area contributed by atoms with E-state index in [1.807, 2.05) is 0 Å². The van der Waals surface area contributed by atoms with Gasteiger partial charge in [-0.2, -0.15) is 0 Å². The predicted molar refractivity (Wildman–Crippen MR) is 59.2 cm³/mol. The largest absolute Gasteiger partial charge is 0.321 e. The van der Waals surface area contributed by atoms with Gasteiger partial charge in [0.2, 0.25) is 0 Å². The molecule has 1 saturated carbocycles. The van der Waals surface area contributed by atoms with Crippen molar-refractivity contribution < 1.29 is 17.2 Å². The SMILES string of the molecule is CS(=O)(=O)c1c(F)ccc(C2(N)CCC2)c1F. The lowest BCUT2D eigenvalue weighted by Crippen LogP contribution is -2.44. The molecule has 1 aromatic rings. The molecule has 0 amide bonds. The molecular weight excluding hydrogens is 248 g/mol. The van der Waals surface area contributed by atoms with Gasteiger partial charge < -0.3 is 5.73 Å². The summed E-state index contributed by atoms with van der Waals surface area (Å²) in [6.45, 7) is 0. The van der Waals surface area contributed by atoms with Crippen molar-refractivity contribution in [2.24, 2.45) is 5.73 Å². The Hall–Kier alpha value is -1.01. The van der Waals surface area contributed by atoms with E-state index in [1.54, 1.807) is 0 Å². The normalized spacial score (nSPS) is 18.8. The Labute approximate surface area is 98.5 Å². The molecule has 94 valence electrons. The van der Waals surface area contributed by atoms with Crippen LogP contribution < -0.4 is 5.73 Å². The van der Waals surface area contributed by atoms with E-state index in [2.05, 4.69) is 0 Å². The average Bonchev–Trinajstić information content (AvgIpc) is 2.12. The maximum absolute atomic E-state index is 14.0. The van der Waals surface area contributed by atoms with Crippen molar-refractivity contribution in [3.63, 3.8) is 0 Å². The highest BCUT2D eigenvalue weighted by molar-refractivity contribution is 7.90. The maximum atomic E-state index is 14.0. The van der Waals surface area contributed by atoms with Gasteiger partial charge in [-0.1, -0.05) is 6.07 Å². The second-order valence-electron chi connectivity index (χ2n) is 4.52. The van der Waals surface area contributed by atoms with Crippen LogP contribution in [0.5, 0.6) is 0 Å². The fourth-order valence-corrected chi connectivity index (χ4v) is 2.94. The summed E-state index contributed by atoms with van der Waals surface area (Å²) in [7, 11) is -3.94. The minimum Gasteiger partial charge on any atom is -0.321 e. The van der Waals surface area contributed by atoms with Crippen molar-refractivity contribution in [3.05, 3.63) is 29.3 Å². The van der Waals surface area contributed by atoms with Crippen LogP contribution in [0.15, 0.2) is 17.0 Å². The van der Waals surface area contributed by atoms with E-state index in [1.165, 1.54) is 6.07 Å². The van der Waals surface area contributed by atoms with Crippen molar-refractivity contribution in [2.45, 2.75) is 29.7 Å². The van der Waals surface area contributed by atoms with Gasteiger partial charge in [0, 0.05) is 17.4 Å². The summed E-state index contributed by atoms with van der Waals surface area (Å²) in [5.41, 5.74) is 5.17. The van der Waals surface area contributed by atoms with Crippen molar-refractivity contribution in [1.82, 2.24) is 0 Å². The molecule has 0 heterocycles. The highest BCUT2D eigenvalue weighted by Gasteiger charge is 2.38. The molecular formula is C11H13F2NO2S. The molecule has 0 aliphatic heterocycles. The Morgan fingerprint density at radius 2 is 1.88 bits per heavy atom. The fourth-order valence-electron chi connectivity index (χ4n) is 2.08. The summed E-state index contributed by atoms with van der Waals surface area (Å²) in [5.74, 6) is -2.12. The molecule has 2 rings (SSSR count). The molecule has 1 aliphatic rings. The van der Waals surface area contributed by atoms with Gasteiger partial charge in [0.15, 0.2) is 9.84 Å². The number of sulfone groups is 1. The summed E-state index contributed by atoms with van der Waals surface area (Å²) in [4.78, 5) is -0.883. The van der Waals surface area contributed by atoms with Crippen molar-refractivity contribution in [3.8, 4) is 0 Å².